The van der Waals surface area contributed by atoms with Gasteiger partial charge in [-0.2, -0.15) is 5.10 Å². The summed E-state index contributed by atoms with van der Waals surface area (Å²) in [5.74, 6) is 5.93. The highest BCUT2D eigenvalue weighted by Crippen LogP contribution is 2.27. The molecular weight excluding hydrogens is 382 g/mol. The molecule has 0 amide bonds. The van der Waals surface area contributed by atoms with Crippen LogP contribution >= 0.6 is 11.6 Å². The summed E-state index contributed by atoms with van der Waals surface area (Å²) in [4.78, 5) is 8.81. The first-order valence-electron chi connectivity index (χ1n) is 8.21. The third-order valence-corrected chi connectivity index (χ3v) is 4.22. The lowest BCUT2D eigenvalue weighted by atomic mass is 10.1. The Hall–Kier alpha value is -3.72. The average Bonchev–Trinajstić information content (AvgIpc) is 3.17. The molecule has 0 atom stereocenters. The minimum Gasteiger partial charge on any atom is -0.507 e. The third-order valence-electron chi connectivity index (χ3n) is 3.98. The summed E-state index contributed by atoms with van der Waals surface area (Å²) in [5.41, 5.74) is 2.22. The largest absolute Gasteiger partial charge is 0.507 e. The molecular formula is C18H14ClN7O2. The predicted molar refractivity (Wildman–Crippen MR) is 104 cm³/mol. The summed E-state index contributed by atoms with van der Waals surface area (Å²) in [5, 5.41) is 25.1. The van der Waals surface area contributed by atoms with Crippen molar-refractivity contribution in [3.8, 4) is 5.75 Å². The first kappa shape index (κ1) is 17.7. The Balaban J connectivity index is 1.80. The summed E-state index contributed by atoms with van der Waals surface area (Å²) >= 11 is 6.07. The topological polar surface area (TPSA) is 135 Å². The number of hydrazone groups is 1. The Morgan fingerprint density at radius 2 is 1.86 bits per heavy atom. The van der Waals surface area contributed by atoms with Crippen LogP contribution in [0.25, 0.3) is 11.3 Å². The summed E-state index contributed by atoms with van der Waals surface area (Å²) in [6.45, 7) is 0.471. The van der Waals surface area contributed by atoms with Crippen LogP contribution < -0.4 is 11.2 Å². The van der Waals surface area contributed by atoms with Crippen LogP contribution in [0.15, 0.2) is 58.3 Å². The van der Waals surface area contributed by atoms with E-state index in [9.17, 15) is 5.11 Å². The van der Waals surface area contributed by atoms with Crippen LogP contribution in [0.1, 0.15) is 16.8 Å². The van der Waals surface area contributed by atoms with E-state index in [-0.39, 0.29) is 28.4 Å². The zero-order valence-electron chi connectivity index (χ0n) is 14.4. The highest BCUT2D eigenvalue weighted by molar-refractivity contribution is 6.31. The molecule has 2 heterocycles. The summed E-state index contributed by atoms with van der Waals surface area (Å²) in [6, 6.07) is 14.3. The van der Waals surface area contributed by atoms with Crippen LogP contribution in [0.4, 0.5) is 5.82 Å². The van der Waals surface area contributed by atoms with Gasteiger partial charge in [-0.05, 0) is 34.1 Å². The lowest BCUT2D eigenvalue weighted by molar-refractivity contribution is 0.314. The number of nitrogens with two attached hydrogens (primary N) is 1. The molecule has 0 spiro atoms. The van der Waals surface area contributed by atoms with Gasteiger partial charge in [-0.1, -0.05) is 41.9 Å². The summed E-state index contributed by atoms with van der Waals surface area (Å²) < 4.78 is 4.71. The number of phenols is 1. The second-order valence-corrected chi connectivity index (χ2v) is 6.25. The Kier molecular flexibility index (Phi) is 4.73. The van der Waals surface area contributed by atoms with Gasteiger partial charge in [0.25, 0.3) is 0 Å². The van der Waals surface area contributed by atoms with Gasteiger partial charge >= 0.3 is 0 Å². The second kappa shape index (κ2) is 7.49. The maximum Gasteiger partial charge on any atom is 0.245 e. The molecule has 2 aromatic carbocycles. The average molecular weight is 396 g/mol. The maximum atomic E-state index is 10.3. The lowest BCUT2D eigenvalue weighted by Crippen LogP contribution is -2.15. The minimum absolute atomic E-state index is 0.0530. The van der Waals surface area contributed by atoms with Crippen molar-refractivity contribution in [1.82, 2.24) is 20.3 Å². The monoisotopic (exact) mass is 395 g/mol. The molecule has 0 saturated heterocycles. The van der Waals surface area contributed by atoms with Gasteiger partial charge in [-0.15, -0.1) is 0 Å². The van der Waals surface area contributed by atoms with E-state index in [2.05, 4.69) is 30.7 Å². The Bertz CT molecular complexity index is 1160. The molecule has 0 bridgehead atoms. The predicted octanol–water partition coefficient (Wildman–Crippen LogP) is 2.70. The quantitative estimate of drug-likeness (QED) is 0.266. The first-order valence-corrected chi connectivity index (χ1v) is 8.58. The molecule has 0 aliphatic heterocycles. The van der Waals surface area contributed by atoms with Crippen molar-refractivity contribution in [3.05, 3.63) is 70.4 Å². The Labute approximate surface area is 163 Å². The molecule has 9 nitrogen and oxygen atoms in total. The van der Waals surface area contributed by atoms with Crippen LogP contribution in [0.3, 0.4) is 0 Å². The maximum absolute atomic E-state index is 10.3. The molecule has 140 valence electrons. The zero-order valence-corrected chi connectivity index (χ0v) is 15.1. The standard InChI is InChI=1S/C18H14ClN7O2/c19-11-6-7-13(27)12(8-11)14(24-20)15-16(21-9-10-4-2-1-3-5-10)23-18-17(22-15)25-28-26-18/h1-8,27H,9,20H2,(H,21,23,26). The number of hydrogen-bond acceptors (Lipinski definition) is 9. The van der Waals surface area contributed by atoms with E-state index in [0.717, 1.165) is 5.56 Å². The van der Waals surface area contributed by atoms with Crippen LogP contribution in [0.2, 0.25) is 5.02 Å². The molecule has 0 radical (unpaired) electrons. The van der Waals surface area contributed by atoms with Crippen molar-refractivity contribution < 1.29 is 9.74 Å². The van der Waals surface area contributed by atoms with E-state index >= 15 is 0 Å². The highest BCUT2D eigenvalue weighted by atomic mass is 35.5. The van der Waals surface area contributed by atoms with E-state index in [0.29, 0.717) is 22.9 Å². The molecule has 28 heavy (non-hydrogen) atoms. The number of hydrogen-bond donors (Lipinski definition) is 3. The Morgan fingerprint density at radius 3 is 2.61 bits per heavy atom. The Morgan fingerprint density at radius 1 is 1.11 bits per heavy atom. The summed E-state index contributed by atoms with van der Waals surface area (Å²) in [7, 11) is 0. The molecule has 10 heteroatoms. The number of benzene rings is 2. The number of fused-ring (bicyclic) bond motifs is 1. The number of aromatic hydroxyl groups is 1. The van der Waals surface area contributed by atoms with Crippen molar-refractivity contribution in [1.29, 1.82) is 0 Å². The smallest absolute Gasteiger partial charge is 0.245 e. The van der Waals surface area contributed by atoms with Gasteiger partial charge in [0.05, 0.1) is 0 Å². The van der Waals surface area contributed by atoms with E-state index in [1.807, 2.05) is 30.3 Å². The molecule has 0 aliphatic rings. The molecule has 0 saturated carbocycles. The number of phenolic OH excluding ortho intramolecular Hbond substituents is 1. The molecule has 0 aliphatic carbocycles. The van der Waals surface area contributed by atoms with Gasteiger partial charge < -0.3 is 16.3 Å². The van der Waals surface area contributed by atoms with Crippen molar-refractivity contribution in [2.75, 3.05) is 5.32 Å². The molecule has 4 aromatic rings. The first-order chi connectivity index (χ1) is 13.7. The van der Waals surface area contributed by atoms with Crippen molar-refractivity contribution >= 4 is 34.4 Å². The van der Waals surface area contributed by atoms with Crippen molar-refractivity contribution in [3.63, 3.8) is 0 Å². The number of nitrogens with zero attached hydrogens (tertiary/aromatic N) is 5. The van der Waals surface area contributed by atoms with Gasteiger partial charge in [0.1, 0.15) is 17.2 Å². The second-order valence-electron chi connectivity index (χ2n) is 5.81. The fourth-order valence-electron chi connectivity index (χ4n) is 2.66. The van der Waals surface area contributed by atoms with Gasteiger partial charge in [-0.25, -0.2) is 14.6 Å². The van der Waals surface area contributed by atoms with Crippen LogP contribution in [0.5, 0.6) is 5.75 Å². The van der Waals surface area contributed by atoms with E-state index in [4.69, 9.17) is 22.1 Å². The molecule has 4 rings (SSSR count). The van der Waals surface area contributed by atoms with Gasteiger partial charge in [0.15, 0.2) is 5.82 Å². The lowest BCUT2D eigenvalue weighted by Gasteiger charge is -2.12. The van der Waals surface area contributed by atoms with Gasteiger partial charge in [0.2, 0.25) is 11.3 Å². The van der Waals surface area contributed by atoms with E-state index in [1.165, 1.54) is 12.1 Å². The molecule has 2 aromatic heterocycles. The fraction of sp³-hybridized carbons (Fsp3) is 0.0556. The third kappa shape index (κ3) is 3.42. The summed E-state index contributed by atoms with van der Waals surface area (Å²) in [6.07, 6.45) is 0. The van der Waals surface area contributed by atoms with Crippen molar-refractivity contribution in [2.24, 2.45) is 10.9 Å². The normalized spacial score (nSPS) is 11.7. The van der Waals surface area contributed by atoms with Crippen LogP contribution in [-0.2, 0) is 6.54 Å². The minimum atomic E-state index is -0.0530. The van der Waals surface area contributed by atoms with Crippen LogP contribution in [-0.4, -0.2) is 31.1 Å². The number of rotatable bonds is 5. The van der Waals surface area contributed by atoms with E-state index < -0.39 is 0 Å². The fourth-order valence-corrected chi connectivity index (χ4v) is 2.84. The molecule has 4 N–H and O–H groups in total. The number of aromatic nitrogens is 4. The highest BCUT2D eigenvalue weighted by Gasteiger charge is 2.21. The molecule has 0 unspecified atom stereocenters. The molecule has 0 fully saturated rings. The van der Waals surface area contributed by atoms with Crippen LogP contribution in [0, 0.1) is 0 Å². The number of anilines is 1. The van der Waals surface area contributed by atoms with Crippen molar-refractivity contribution in [2.45, 2.75) is 6.54 Å². The number of halogens is 1. The van der Waals surface area contributed by atoms with E-state index in [1.54, 1.807) is 6.07 Å². The number of nitrogens with one attached hydrogen (secondary N) is 1. The van der Waals surface area contributed by atoms with Gasteiger partial charge in [0, 0.05) is 17.1 Å². The van der Waals surface area contributed by atoms with Gasteiger partial charge in [-0.3, -0.25) is 0 Å². The zero-order chi connectivity index (χ0) is 19.5. The SMILES string of the molecule is NN=C(c1cc(Cl)ccc1O)c1nc2nonc2nc1NCc1ccccc1.